The number of aliphatic hydroxyl groups excluding tert-OH is 1. The van der Waals surface area contributed by atoms with E-state index in [1.54, 1.807) is 7.11 Å². The van der Waals surface area contributed by atoms with Crippen LogP contribution in [0.1, 0.15) is 63.1 Å². The zero-order chi connectivity index (χ0) is 24.7. The summed E-state index contributed by atoms with van der Waals surface area (Å²) in [5.74, 6) is 0.842. The van der Waals surface area contributed by atoms with Gasteiger partial charge in [0.25, 0.3) is 0 Å². The van der Waals surface area contributed by atoms with Crippen molar-refractivity contribution in [1.29, 1.82) is 0 Å². The van der Waals surface area contributed by atoms with Gasteiger partial charge in [-0.3, -0.25) is 4.68 Å². The van der Waals surface area contributed by atoms with Crippen molar-refractivity contribution in [2.75, 3.05) is 25.3 Å². The minimum atomic E-state index is -3.00. The molecule has 10 nitrogen and oxygen atoms in total. The molecule has 0 amide bonds. The fourth-order valence-electron chi connectivity index (χ4n) is 5.27. The van der Waals surface area contributed by atoms with Crippen molar-refractivity contribution in [1.82, 2.24) is 24.4 Å². The van der Waals surface area contributed by atoms with E-state index in [0.29, 0.717) is 31.3 Å². The minimum absolute atomic E-state index is 0.0669. The number of sulfone groups is 1. The quantitative estimate of drug-likeness (QED) is 0.482. The molecule has 0 spiro atoms. The van der Waals surface area contributed by atoms with Gasteiger partial charge in [-0.25, -0.2) is 17.9 Å². The van der Waals surface area contributed by atoms with Crippen LogP contribution in [0.3, 0.4) is 0 Å². The monoisotopic (exact) mass is 502 g/mol. The third-order valence-electron chi connectivity index (χ3n) is 7.41. The van der Waals surface area contributed by atoms with Crippen molar-refractivity contribution in [3.8, 4) is 11.1 Å². The van der Waals surface area contributed by atoms with Crippen LogP contribution in [0.25, 0.3) is 16.6 Å². The van der Waals surface area contributed by atoms with Crippen LogP contribution in [0.15, 0.2) is 24.7 Å². The molecule has 1 atom stereocenters. The molecule has 3 aromatic rings. The molecule has 2 aliphatic rings. The van der Waals surface area contributed by atoms with E-state index in [2.05, 4.69) is 21.5 Å². The first kappa shape index (κ1) is 24.2. The van der Waals surface area contributed by atoms with Crippen LogP contribution in [-0.4, -0.2) is 75.3 Å². The molecule has 0 aromatic carbocycles. The Morgan fingerprint density at radius 1 is 1.23 bits per heavy atom. The Kier molecular flexibility index (Phi) is 6.58. The molecule has 3 aromatic heterocycles. The molecule has 2 saturated carbocycles. The predicted octanol–water partition coefficient (Wildman–Crippen LogP) is 2.81. The lowest BCUT2D eigenvalue weighted by molar-refractivity contribution is 0.121. The van der Waals surface area contributed by atoms with Gasteiger partial charge in [0.05, 0.1) is 41.9 Å². The Hall–Kier alpha value is -2.50. The summed E-state index contributed by atoms with van der Waals surface area (Å²) in [6.45, 7) is 2.57. The first-order valence-corrected chi connectivity index (χ1v) is 14.2. The fourth-order valence-corrected chi connectivity index (χ4v) is 6.41. The molecule has 0 radical (unpaired) electrons. The molecule has 5 rings (SSSR count). The van der Waals surface area contributed by atoms with E-state index in [1.807, 2.05) is 34.7 Å². The number of nitrogens with one attached hydrogen (secondary N) is 1. The molecule has 35 heavy (non-hydrogen) atoms. The number of fused-ring (bicyclic) bond motifs is 1. The minimum Gasteiger partial charge on any atom is -0.393 e. The number of aliphatic hydroxyl groups is 1. The number of ether oxygens (including phenoxy) is 1. The highest BCUT2D eigenvalue weighted by Gasteiger charge is 2.38. The number of anilines is 1. The third-order valence-corrected chi connectivity index (χ3v) is 9.01. The largest absolute Gasteiger partial charge is 0.393 e. The molecule has 190 valence electrons. The van der Waals surface area contributed by atoms with Crippen molar-refractivity contribution in [3.05, 3.63) is 30.4 Å². The predicted molar refractivity (Wildman–Crippen MR) is 133 cm³/mol. The van der Waals surface area contributed by atoms with Crippen LogP contribution in [0.5, 0.6) is 0 Å². The summed E-state index contributed by atoms with van der Waals surface area (Å²) in [4.78, 5) is 4.56. The van der Waals surface area contributed by atoms with Crippen LogP contribution in [0, 0.1) is 0 Å². The van der Waals surface area contributed by atoms with Gasteiger partial charge < -0.3 is 15.2 Å². The topological polar surface area (TPSA) is 124 Å². The Balaban J connectivity index is 1.47. The molecule has 0 aliphatic heterocycles. The molecular weight excluding hydrogens is 468 g/mol. The number of aromatic nitrogens is 5. The summed E-state index contributed by atoms with van der Waals surface area (Å²) in [5.41, 5.74) is 3.98. The Morgan fingerprint density at radius 2 is 1.97 bits per heavy atom. The molecule has 2 N–H and O–H groups in total. The maximum atomic E-state index is 11.8. The second kappa shape index (κ2) is 9.51. The first-order chi connectivity index (χ1) is 16.7. The van der Waals surface area contributed by atoms with Gasteiger partial charge in [0.2, 0.25) is 5.95 Å². The Labute approximate surface area is 205 Å². The normalized spacial score (nSPS) is 25.9. The van der Waals surface area contributed by atoms with Gasteiger partial charge in [0, 0.05) is 48.3 Å². The molecule has 0 bridgehead atoms. The van der Waals surface area contributed by atoms with E-state index in [4.69, 9.17) is 9.84 Å². The highest BCUT2D eigenvalue weighted by atomic mass is 32.2. The number of methoxy groups -OCH3 is 1. The lowest BCUT2D eigenvalue weighted by Gasteiger charge is -2.33. The number of rotatable bonds is 8. The van der Waals surface area contributed by atoms with E-state index in [-0.39, 0.29) is 23.4 Å². The van der Waals surface area contributed by atoms with Gasteiger partial charge in [-0.1, -0.05) is 0 Å². The van der Waals surface area contributed by atoms with Crippen molar-refractivity contribution in [2.24, 2.45) is 0 Å². The van der Waals surface area contributed by atoms with E-state index in [9.17, 15) is 13.5 Å². The van der Waals surface area contributed by atoms with Gasteiger partial charge in [-0.05, 0) is 51.5 Å². The average molecular weight is 503 g/mol. The Morgan fingerprint density at radius 3 is 2.66 bits per heavy atom. The van der Waals surface area contributed by atoms with Crippen LogP contribution in [0.2, 0.25) is 0 Å². The smallest absolute Gasteiger partial charge is 0.241 e. The summed E-state index contributed by atoms with van der Waals surface area (Å²) in [7, 11) is -1.34. The van der Waals surface area contributed by atoms with Gasteiger partial charge in [0.1, 0.15) is 9.84 Å². The van der Waals surface area contributed by atoms with Crippen molar-refractivity contribution >= 4 is 21.3 Å². The average Bonchev–Trinajstić information content (AvgIpc) is 3.37. The molecule has 11 heteroatoms. The number of nitrogens with zero attached hydrogens (tertiary/aromatic N) is 5. The first-order valence-electron chi connectivity index (χ1n) is 12.3. The van der Waals surface area contributed by atoms with E-state index in [0.717, 1.165) is 48.0 Å². The lowest BCUT2D eigenvalue weighted by Crippen LogP contribution is -2.36. The zero-order valence-electron chi connectivity index (χ0n) is 20.5. The number of hydrogen-bond donors (Lipinski definition) is 2. The SMILES string of the molecule is COC[C@H](C)Nc1ncc2c(-c3cnn(C4CC(S(C)(=O)=O)C4)c3)cc([C@H]3CC[C@H](O)CC3)n2n1. The van der Waals surface area contributed by atoms with Gasteiger partial charge >= 0.3 is 0 Å². The van der Waals surface area contributed by atoms with Gasteiger partial charge in [0.15, 0.2) is 0 Å². The molecule has 3 heterocycles. The third kappa shape index (κ3) is 4.94. The van der Waals surface area contributed by atoms with Crippen LogP contribution in [-0.2, 0) is 14.6 Å². The fraction of sp³-hybridized carbons (Fsp3) is 0.625. The maximum absolute atomic E-state index is 11.8. The standard InChI is InChI=1S/C24H34N6O4S/c1-15(14-34-2)27-24-25-12-23-21(10-22(30(23)28-24)16-4-6-19(31)7-5-16)17-11-26-29(13-17)18-8-20(9-18)35(3,32)33/h10-13,15-16,18-20,31H,4-9,14H2,1-3H3,(H,27,28)/t15-,16-,18?,19-,20?/m0/s1. The molecule has 0 saturated heterocycles. The molecule has 2 fully saturated rings. The highest BCUT2D eigenvalue weighted by Crippen LogP contribution is 2.40. The van der Waals surface area contributed by atoms with Crippen LogP contribution >= 0.6 is 0 Å². The lowest BCUT2D eigenvalue weighted by atomic mass is 9.85. The summed E-state index contributed by atoms with van der Waals surface area (Å²) < 4.78 is 32.7. The summed E-state index contributed by atoms with van der Waals surface area (Å²) in [6, 6.07) is 2.35. The van der Waals surface area contributed by atoms with E-state index >= 15 is 0 Å². The van der Waals surface area contributed by atoms with Crippen molar-refractivity contribution < 1.29 is 18.3 Å². The van der Waals surface area contributed by atoms with Gasteiger partial charge in [-0.15, -0.1) is 5.10 Å². The van der Waals surface area contributed by atoms with E-state index < -0.39 is 9.84 Å². The van der Waals surface area contributed by atoms with E-state index in [1.165, 1.54) is 6.26 Å². The summed E-state index contributed by atoms with van der Waals surface area (Å²) in [6.07, 6.45) is 11.4. The molecule has 2 aliphatic carbocycles. The second-order valence-corrected chi connectivity index (χ2v) is 12.5. The van der Waals surface area contributed by atoms with Crippen molar-refractivity contribution in [2.45, 2.75) is 74.8 Å². The summed E-state index contributed by atoms with van der Waals surface area (Å²) >= 11 is 0. The maximum Gasteiger partial charge on any atom is 0.241 e. The zero-order valence-corrected chi connectivity index (χ0v) is 21.3. The molecular formula is C24H34N6O4S. The second-order valence-electron chi connectivity index (χ2n) is 10.2. The van der Waals surface area contributed by atoms with Crippen LogP contribution in [0.4, 0.5) is 5.95 Å². The van der Waals surface area contributed by atoms with Crippen LogP contribution < -0.4 is 5.32 Å². The highest BCUT2D eigenvalue weighted by molar-refractivity contribution is 7.91. The number of hydrogen-bond acceptors (Lipinski definition) is 8. The summed E-state index contributed by atoms with van der Waals surface area (Å²) in [5, 5.41) is 22.4. The van der Waals surface area contributed by atoms with Crippen molar-refractivity contribution in [3.63, 3.8) is 0 Å². The Bertz CT molecular complexity index is 1290. The molecule has 0 unspecified atom stereocenters. The van der Waals surface area contributed by atoms with Gasteiger partial charge in [-0.2, -0.15) is 5.10 Å².